The summed E-state index contributed by atoms with van der Waals surface area (Å²) >= 11 is 0. The number of carbonyl (C=O) groups excluding carboxylic acids is 1. The summed E-state index contributed by atoms with van der Waals surface area (Å²) in [7, 11) is 1.68. The van der Waals surface area contributed by atoms with Crippen LogP contribution in [0.3, 0.4) is 0 Å². The molecule has 0 radical (unpaired) electrons. The molecule has 0 amide bonds. The van der Waals surface area contributed by atoms with Gasteiger partial charge in [-0.15, -0.1) is 0 Å². The molecular weight excluding hydrogens is 264 g/mol. The van der Waals surface area contributed by atoms with Gasteiger partial charge in [-0.05, 0) is 85.5 Å². The molecule has 5 rings (SSSR count). The Morgan fingerprint density at radius 3 is 2.19 bits per heavy atom. The van der Waals surface area contributed by atoms with Crippen LogP contribution in [0, 0.1) is 17.8 Å². The summed E-state index contributed by atoms with van der Waals surface area (Å²) in [6.45, 7) is 0. The zero-order valence-electron chi connectivity index (χ0n) is 12.4. The van der Waals surface area contributed by atoms with Crippen molar-refractivity contribution in [2.45, 2.75) is 43.9 Å². The topological polar surface area (TPSA) is 49.4 Å². The van der Waals surface area contributed by atoms with Crippen LogP contribution < -0.4 is 9.84 Å². The van der Waals surface area contributed by atoms with Crippen LogP contribution in [0.5, 0.6) is 5.75 Å². The molecule has 4 bridgehead atoms. The van der Waals surface area contributed by atoms with Crippen molar-refractivity contribution in [2.24, 2.45) is 17.8 Å². The van der Waals surface area contributed by atoms with Crippen molar-refractivity contribution in [3.8, 4) is 5.75 Å². The summed E-state index contributed by atoms with van der Waals surface area (Å²) in [5.74, 6) is 2.23. The van der Waals surface area contributed by atoms with Crippen LogP contribution in [0.4, 0.5) is 0 Å². The van der Waals surface area contributed by atoms with E-state index in [1.807, 2.05) is 6.07 Å². The van der Waals surface area contributed by atoms with E-state index in [0.717, 1.165) is 29.1 Å². The molecule has 0 unspecified atom stereocenters. The fourth-order valence-corrected chi connectivity index (χ4v) is 5.69. The molecule has 4 fully saturated rings. The third-order valence-corrected chi connectivity index (χ3v) is 6.04. The molecule has 0 N–H and O–H groups in total. The van der Waals surface area contributed by atoms with Gasteiger partial charge in [-0.1, -0.05) is 0 Å². The Balaban J connectivity index is 1.81. The second-order valence-corrected chi connectivity index (χ2v) is 7.40. The maximum Gasteiger partial charge on any atom is 0.122 e. The van der Waals surface area contributed by atoms with Crippen molar-refractivity contribution in [3.63, 3.8) is 0 Å². The molecule has 3 nitrogen and oxygen atoms in total. The average molecular weight is 285 g/mol. The van der Waals surface area contributed by atoms with Gasteiger partial charge in [0.15, 0.2) is 0 Å². The Morgan fingerprint density at radius 1 is 1.14 bits per heavy atom. The molecule has 112 valence electrons. The van der Waals surface area contributed by atoms with Gasteiger partial charge in [0.05, 0.1) is 13.1 Å². The maximum atomic E-state index is 11.2. The van der Waals surface area contributed by atoms with Gasteiger partial charge in [0.2, 0.25) is 0 Å². The Hall–Kier alpha value is -1.51. The quantitative estimate of drug-likeness (QED) is 0.857. The molecular formula is C18H21O3-. The molecule has 4 aliphatic rings. The molecule has 4 saturated carbocycles. The SMILES string of the molecule is COc1ccc(C(=O)[O-])cc1C12CC3CC(CC(C3)C1)C2. The van der Waals surface area contributed by atoms with Gasteiger partial charge in [-0.2, -0.15) is 0 Å². The summed E-state index contributed by atoms with van der Waals surface area (Å²) in [5.41, 5.74) is 1.54. The van der Waals surface area contributed by atoms with E-state index in [2.05, 4.69) is 0 Å². The molecule has 1 aromatic carbocycles. The highest BCUT2D eigenvalue weighted by Crippen LogP contribution is 2.61. The van der Waals surface area contributed by atoms with E-state index in [1.165, 1.54) is 38.5 Å². The number of ether oxygens (including phenoxy) is 1. The first kappa shape index (κ1) is 13.2. The molecule has 0 aliphatic heterocycles. The lowest BCUT2D eigenvalue weighted by Gasteiger charge is -2.57. The van der Waals surface area contributed by atoms with Crippen LogP contribution in [0.1, 0.15) is 54.4 Å². The first-order chi connectivity index (χ1) is 10.1. The van der Waals surface area contributed by atoms with E-state index in [0.29, 0.717) is 0 Å². The van der Waals surface area contributed by atoms with Crippen molar-refractivity contribution in [1.29, 1.82) is 0 Å². The molecule has 0 atom stereocenters. The van der Waals surface area contributed by atoms with E-state index in [1.54, 1.807) is 19.2 Å². The van der Waals surface area contributed by atoms with Gasteiger partial charge in [-0.3, -0.25) is 0 Å². The van der Waals surface area contributed by atoms with Crippen molar-refractivity contribution < 1.29 is 14.6 Å². The summed E-state index contributed by atoms with van der Waals surface area (Å²) in [5, 5.41) is 11.2. The van der Waals surface area contributed by atoms with Gasteiger partial charge >= 0.3 is 0 Å². The lowest BCUT2D eigenvalue weighted by molar-refractivity contribution is -0.255. The number of carboxylic acids is 1. The van der Waals surface area contributed by atoms with Gasteiger partial charge in [0, 0.05) is 5.56 Å². The van der Waals surface area contributed by atoms with Crippen molar-refractivity contribution in [2.75, 3.05) is 7.11 Å². The second-order valence-electron chi connectivity index (χ2n) is 7.40. The van der Waals surface area contributed by atoms with Gasteiger partial charge in [0.25, 0.3) is 0 Å². The number of hydrogen-bond donors (Lipinski definition) is 0. The van der Waals surface area contributed by atoms with Crippen LogP contribution in [0.2, 0.25) is 0 Å². The number of methoxy groups -OCH3 is 1. The molecule has 1 aromatic rings. The predicted molar refractivity (Wildman–Crippen MR) is 77.2 cm³/mol. The number of rotatable bonds is 3. The van der Waals surface area contributed by atoms with Crippen molar-refractivity contribution in [1.82, 2.24) is 0 Å². The van der Waals surface area contributed by atoms with Gasteiger partial charge in [0.1, 0.15) is 5.75 Å². The number of carboxylic acid groups (broad SMARTS) is 1. The first-order valence-electron chi connectivity index (χ1n) is 7.99. The zero-order chi connectivity index (χ0) is 14.6. The monoisotopic (exact) mass is 285 g/mol. The van der Waals surface area contributed by atoms with Gasteiger partial charge < -0.3 is 14.6 Å². The van der Waals surface area contributed by atoms with Crippen molar-refractivity contribution >= 4 is 5.97 Å². The van der Waals surface area contributed by atoms with Gasteiger partial charge in [-0.25, -0.2) is 0 Å². The summed E-state index contributed by atoms with van der Waals surface area (Å²) in [6, 6.07) is 5.22. The normalized spacial score (nSPS) is 36.7. The van der Waals surface area contributed by atoms with E-state index in [4.69, 9.17) is 4.74 Å². The number of benzene rings is 1. The van der Waals surface area contributed by atoms with Crippen LogP contribution in [-0.2, 0) is 5.41 Å². The molecule has 0 heterocycles. The standard InChI is InChI=1S/C18H22O3/c1-21-16-3-2-14(17(19)20)7-15(16)18-8-11-4-12(9-18)6-13(5-11)10-18/h2-3,7,11-13H,4-6,8-10H2,1H3,(H,19,20)/p-1. The first-order valence-corrected chi connectivity index (χ1v) is 7.99. The van der Waals surface area contributed by atoms with E-state index < -0.39 is 5.97 Å². The van der Waals surface area contributed by atoms with Crippen LogP contribution in [0.25, 0.3) is 0 Å². The number of aromatic carboxylic acids is 1. The summed E-state index contributed by atoms with van der Waals surface area (Å²) in [6.07, 6.45) is 7.73. The molecule has 3 heteroatoms. The highest BCUT2D eigenvalue weighted by molar-refractivity contribution is 5.86. The summed E-state index contributed by atoms with van der Waals surface area (Å²) in [4.78, 5) is 11.2. The minimum absolute atomic E-state index is 0.144. The number of hydrogen-bond acceptors (Lipinski definition) is 3. The number of carbonyl (C=O) groups is 1. The molecule has 21 heavy (non-hydrogen) atoms. The average Bonchev–Trinajstić information content (AvgIpc) is 2.45. The smallest absolute Gasteiger partial charge is 0.122 e. The van der Waals surface area contributed by atoms with Crippen LogP contribution in [0.15, 0.2) is 18.2 Å². The summed E-state index contributed by atoms with van der Waals surface area (Å²) < 4.78 is 5.56. The highest BCUT2D eigenvalue weighted by atomic mass is 16.5. The Morgan fingerprint density at radius 2 is 1.71 bits per heavy atom. The molecule has 0 spiro atoms. The van der Waals surface area contributed by atoms with Crippen LogP contribution in [-0.4, -0.2) is 13.1 Å². The minimum Gasteiger partial charge on any atom is -0.545 e. The van der Waals surface area contributed by atoms with E-state index >= 15 is 0 Å². The largest absolute Gasteiger partial charge is 0.545 e. The Bertz CT molecular complexity index is 555. The fourth-order valence-electron chi connectivity index (χ4n) is 5.69. The Labute approximate surface area is 125 Å². The molecule has 4 aliphatic carbocycles. The highest BCUT2D eigenvalue weighted by Gasteiger charge is 2.52. The minimum atomic E-state index is -1.09. The predicted octanol–water partition coefficient (Wildman–Crippen LogP) is 2.53. The lowest BCUT2D eigenvalue weighted by Crippen LogP contribution is -2.48. The Kier molecular flexibility index (Phi) is 2.82. The van der Waals surface area contributed by atoms with E-state index in [-0.39, 0.29) is 11.0 Å². The molecule has 0 saturated heterocycles. The van der Waals surface area contributed by atoms with Crippen molar-refractivity contribution in [3.05, 3.63) is 29.3 Å². The fraction of sp³-hybridized carbons (Fsp3) is 0.611. The van der Waals surface area contributed by atoms with Crippen LogP contribution >= 0.6 is 0 Å². The van der Waals surface area contributed by atoms with E-state index in [9.17, 15) is 9.90 Å². The maximum absolute atomic E-state index is 11.2. The third-order valence-electron chi connectivity index (χ3n) is 6.04. The molecule has 0 aromatic heterocycles. The second kappa shape index (κ2) is 4.49. The third kappa shape index (κ3) is 1.97. The zero-order valence-corrected chi connectivity index (χ0v) is 12.4. The lowest BCUT2D eigenvalue weighted by atomic mass is 9.48.